The zero-order valence-corrected chi connectivity index (χ0v) is 11.0. The van der Waals surface area contributed by atoms with Gasteiger partial charge in [-0.3, -0.25) is 0 Å². The summed E-state index contributed by atoms with van der Waals surface area (Å²) in [5.41, 5.74) is 0. The fraction of sp³-hybridized carbons (Fsp3) is 0.455. The van der Waals surface area contributed by atoms with E-state index < -0.39 is 0 Å². The molecule has 0 aliphatic rings. The van der Waals surface area contributed by atoms with Crippen LogP contribution in [0.1, 0.15) is 12.7 Å². The van der Waals surface area contributed by atoms with Crippen molar-refractivity contribution in [3.05, 3.63) is 17.3 Å². The van der Waals surface area contributed by atoms with E-state index in [1.54, 1.807) is 30.2 Å². The summed E-state index contributed by atoms with van der Waals surface area (Å²) in [4.78, 5) is 10.2. The largest absolute Gasteiger partial charge is 0.384 e. The first-order chi connectivity index (χ1) is 7.85. The highest BCUT2D eigenvalue weighted by atomic mass is 32.2. The zero-order valence-electron chi connectivity index (χ0n) is 9.40. The van der Waals surface area contributed by atoms with Crippen LogP contribution in [-0.2, 0) is 11.2 Å². The molecule has 0 radical (unpaired) electrons. The van der Waals surface area contributed by atoms with Crippen LogP contribution >= 0.6 is 23.1 Å². The van der Waals surface area contributed by atoms with Crippen LogP contribution in [0.15, 0.2) is 16.5 Å². The monoisotopic (exact) mass is 254 g/mol. The lowest BCUT2D eigenvalue weighted by Gasteiger charge is -2.04. The first-order valence-corrected chi connectivity index (χ1v) is 7.07. The van der Waals surface area contributed by atoms with Crippen molar-refractivity contribution in [1.29, 1.82) is 0 Å². The fourth-order valence-electron chi connectivity index (χ4n) is 1.36. The third-order valence-electron chi connectivity index (χ3n) is 2.18. The van der Waals surface area contributed by atoms with Gasteiger partial charge in [0.05, 0.1) is 6.61 Å². The highest BCUT2D eigenvalue weighted by molar-refractivity contribution is 7.99. The Morgan fingerprint density at radius 2 is 2.31 bits per heavy atom. The number of thiophene rings is 1. The smallest absolute Gasteiger partial charge is 0.131 e. The van der Waals surface area contributed by atoms with E-state index in [2.05, 4.69) is 28.3 Å². The molecule has 0 N–H and O–H groups in total. The van der Waals surface area contributed by atoms with E-state index in [0.717, 1.165) is 34.5 Å². The Morgan fingerprint density at radius 1 is 1.44 bits per heavy atom. The maximum atomic E-state index is 5.05. The molecule has 0 atom stereocenters. The molecule has 2 aromatic heterocycles. The van der Waals surface area contributed by atoms with Gasteiger partial charge in [0.1, 0.15) is 15.7 Å². The number of hydrogen-bond acceptors (Lipinski definition) is 5. The second-order valence-corrected chi connectivity index (χ2v) is 5.26. The minimum Gasteiger partial charge on any atom is -0.384 e. The van der Waals surface area contributed by atoms with Gasteiger partial charge in [-0.2, -0.15) is 0 Å². The van der Waals surface area contributed by atoms with Crippen molar-refractivity contribution >= 4 is 33.3 Å². The minimum atomic E-state index is 0.752. The minimum absolute atomic E-state index is 0.752. The Bertz CT molecular complexity index is 470. The highest BCUT2D eigenvalue weighted by Crippen LogP contribution is 2.28. The van der Waals surface area contributed by atoms with E-state index in [0.29, 0.717) is 0 Å². The average Bonchev–Trinajstić information content (AvgIpc) is 2.77. The first-order valence-electron chi connectivity index (χ1n) is 5.21. The normalized spacial score (nSPS) is 11.1. The summed E-state index contributed by atoms with van der Waals surface area (Å²) >= 11 is 3.41. The molecule has 0 aliphatic heterocycles. The molecule has 2 aromatic rings. The summed E-state index contributed by atoms with van der Waals surface area (Å²) in [5, 5.41) is 4.32. The number of rotatable bonds is 5. The molecule has 0 amide bonds. The Hall–Kier alpha value is -0.650. The van der Waals surface area contributed by atoms with Crippen LogP contribution < -0.4 is 0 Å². The summed E-state index contributed by atoms with van der Waals surface area (Å²) in [6.07, 6.45) is 0.881. The number of methoxy groups -OCH3 is 1. The van der Waals surface area contributed by atoms with Crippen LogP contribution in [0.5, 0.6) is 0 Å². The molecule has 0 saturated carbocycles. The molecule has 2 heterocycles. The van der Waals surface area contributed by atoms with E-state index in [1.807, 2.05) is 0 Å². The van der Waals surface area contributed by atoms with Crippen molar-refractivity contribution in [1.82, 2.24) is 9.97 Å². The van der Waals surface area contributed by atoms with E-state index in [1.165, 1.54) is 5.39 Å². The standard InChI is InChI=1S/C11H14N2OS2/c1-3-9-12-10-8(4-6-15-10)11(13-9)16-7-5-14-2/h4,6H,3,5,7H2,1-2H3. The Labute approximate surface area is 103 Å². The van der Waals surface area contributed by atoms with Crippen molar-refractivity contribution in [3.63, 3.8) is 0 Å². The maximum absolute atomic E-state index is 5.05. The summed E-state index contributed by atoms with van der Waals surface area (Å²) in [6.45, 7) is 2.83. The Kier molecular flexibility index (Phi) is 4.15. The number of hydrogen-bond donors (Lipinski definition) is 0. The van der Waals surface area contributed by atoms with Gasteiger partial charge < -0.3 is 4.74 Å². The zero-order chi connectivity index (χ0) is 11.4. The lowest BCUT2D eigenvalue weighted by molar-refractivity contribution is 0.218. The number of thioether (sulfide) groups is 1. The van der Waals surface area contributed by atoms with Gasteiger partial charge >= 0.3 is 0 Å². The van der Waals surface area contributed by atoms with Crippen LogP contribution in [0.3, 0.4) is 0 Å². The molecule has 0 aromatic carbocycles. The third kappa shape index (κ3) is 2.53. The van der Waals surface area contributed by atoms with Crippen LogP contribution in [0.25, 0.3) is 10.2 Å². The molecule has 0 spiro atoms. The van der Waals surface area contributed by atoms with Gasteiger partial charge in [0.2, 0.25) is 0 Å². The maximum Gasteiger partial charge on any atom is 0.131 e. The number of aromatic nitrogens is 2. The van der Waals surface area contributed by atoms with Gasteiger partial charge in [-0.15, -0.1) is 23.1 Å². The van der Waals surface area contributed by atoms with Crippen LogP contribution in [0.2, 0.25) is 0 Å². The number of nitrogens with zero attached hydrogens (tertiary/aromatic N) is 2. The van der Waals surface area contributed by atoms with E-state index in [9.17, 15) is 0 Å². The molecule has 86 valence electrons. The molecule has 3 nitrogen and oxygen atoms in total. The molecule has 0 bridgehead atoms. The number of ether oxygens (including phenoxy) is 1. The molecule has 2 rings (SSSR count). The summed E-state index contributed by atoms with van der Waals surface area (Å²) in [6, 6.07) is 2.09. The second kappa shape index (κ2) is 5.61. The summed E-state index contributed by atoms with van der Waals surface area (Å²) < 4.78 is 5.05. The van der Waals surface area contributed by atoms with Crippen LogP contribution in [0, 0.1) is 0 Å². The molecule has 0 saturated heterocycles. The molecule has 16 heavy (non-hydrogen) atoms. The third-order valence-corrected chi connectivity index (χ3v) is 3.94. The van der Waals surface area contributed by atoms with Crippen molar-refractivity contribution in [2.75, 3.05) is 19.5 Å². The van der Waals surface area contributed by atoms with Crippen molar-refractivity contribution < 1.29 is 4.74 Å². The number of fused-ring (bicyclic) bond motifs is 1. The van der Waals surface area contributed by atoms with Crippen LogP contribution in [0.4, 0.5) is 0 Å². The van der Waals surface area contributed by atoms with Gasteiger partial charge in [0.25, 0.3) is 0 Å². The summed E-state index contributed by atoms with van der Waals surface area (Å²) in [5.74, 6) is 1.86. The van der Waals surface area contributed by atoms with E-state index >= 15 is 0 Å². The van der Waals surface area contributed by atoms with E-state index in [4.69, 9.17) is 4.74 Å². The first kappa shape index (κ1) is 11.8. The molecule has 0 aliphatic carbocycles. The SMILES string of the molecule is CCc1nc(SCCOC)c2ccsc2n1. The van der Waals surface area contributed by atoms with Gasteiger partial charge in [-0.25, -0.2) is 9.97 Å². The molecular formula is C11H14N2OS2. The Balaban J connectivity index is 2.29. The lowest BCUT2D eigenvalue weighted by Crippen LogP contribution is -1.97. The predicted molar refractivity (Wildman–Crippen MR) is 69.4 cm³/mol. The lowest BCUT2D eigenvalue weighted by atomic mass is 10.4. The quantitative estimate of drug-likeness (QED) is 0.467. The van der Waals surface area contributed by atoms with Gasteiger partial charge in [0.15, 0.2) is 0 Å². The number of aryl methyl sites for hydroxylation is 1. The Morgan fingerprint density at radius 3 is 3.06 bits per heavy atom. The van der Waals surface area contributed by atoms with Crippen LogP contribution in [-0.4, -0.2) is 29.4 Å². The fourth-order valence-corrected chi connectivity index (χ4v) is 3.14. The topological polar surface area (TPSA) is 35.0 Å². The molecule has 0 unspecified atom stereocenters. The summed E-state index contributed by atoms with van der Waals surface area (Å²) in [7, 11) is 1.72. The van der Waals surface area contributed by atoms with Gasteiger partial charge in [-0.05, 0) is 11.4 Å². The molecule has 0 fully saturated rings. The van der Waals surface area contributed by atoms with E-state index in [-0.39, 0.29) is 0 Å². The second-order valence-electron chi connectivity index (χ2n) is 3.28. The van der Waals surface area contributed by atoms with Crippen molar-refractivity contribution in [2.45, 2.75) is 18.4 Å². The average molecular weight is 254 g/mol. The van der Waals surface area contributed by atoms with Gasteiger partial charge in [0, 0.05) is 24.7 Å². The highest BCUT2D eigenvalue weighted by Gasteiger charge is 2.08. The molecular weight excluding hydrogens is 240 g/mol. The van der Waals surface area contributed by atoms with Gasteiger partial charge in [-0.1, -0.05) is 6.92 Å². The van der Waals surface area contributed by atoms with Crippen molar-refractivity contribution in [3.8, 4) is 0 Å². The van der Waals surface area contributed by atoms with Crippen molar-refractivity contribution in [2.24, 2.45) is 0 Å². The predicted octanol–water partition coefficient (Wildman–Crippen LogP) is 2.99. The molecule has 5 heteroatoms.